The van der Waals surface area contributed by atoms with Gasteiger partial charge in [-0.05, 0) is 11.0 Å². The van der Waals surface area contributed by atoms with E-state index in [9.17, 15) is 4.79 Å². The van der Waals surface area contributed by atoms with Crippen molar-refractivity contribution < 1.29 is 4.79 Å². The minimum Gasteiger partial charge on any atom is -0.356 e. The van der Waals surface area contributed by atoms with Crippen LogP contribution in [0.4, 0.5) is 0 Å². The van der Waals surface area contributed by atoms with Gasteiger partial charge < -0.3 is 10.6 Å². The molecular weight excluding hydrogens is 244 g/mol. The Balaban J connectivity index is 1.95. The highest BCUT2D eigenvalue weighted by Gasteiger charge is 2.18. The molecule has 1 aromatic rings. The van der Waals surface area contributed by atoms with E-state index in [1.165, 1.54) is 11.8 Å². The molecule has 1 unspecified atom stereocenters. The van der Waals surface area contributed by atoms with Gasteiger partial charge in [0.15, 0.2) is 5.50 Å². The van der Waals surface area contributed by atoms with E-state index in [0.29, 0.717) is 0 Å². The summed E-state index contributed by atoms with van der Waals surface area (Å²) in [5, 5.41) is 7.96. The summed E-state index contributed by atoms with van der Waals surface area (Å²) >= 11 is 6.94. The van der Waals surface area contributed by atoms with Crippen molar-refractivity contribution in [3.8, 4) is 0 Å². The van der Waals surface area contributed by atoms with E-state index in [0.717, 1.165) is 11.3 Å². The second-order valence-electron chi connectivity index (χ2n) is 3.26. The van der Waals surface area contributed by atoms with Gasteiger partial charge in [-0.3, -0.25) is 4.79 Å². The molecule has 1 heterocycles. The molecule has 2 N–H and O–H groups in total. The lowest BCUT2D eigenvalue weighted by Gasteiger charge is -2.13. The van der Waals surface area contributed by atoms with Crippen LogP contribution in [0.5, 0.6) is 0 Å². The number of alkyl halides is 1. The zero-order valence-electron chi connectivity index (χ0n) is 8.44. The molecule has 3 nitrogen and oxygen atoms in total. The fourth-order valence-electron chi connectivity index (χ4n) is 1.37. The fraction of sp³-hybridized carbons (Fsp3) is 0.182. The highest BCUT2D eigenvalue weighted by molar-refractivity contribution is 8.03. The van der Waals surface area contributed by atoms with Gasteiger partial charge in [0.25, 0.3) is 0 Å². The highest BCUT2D eigenvalue weighted by Crippen LogP contribution is 2.25. The van der Waals surface area contributed by atoms with Crippen molar-refractivity contribution in [1.29, 1.82) is 0 Å². The molecular formula is C11H11ClN2OS. The summed E-state index contributed by atoms with van der Waals surface area (Å²) < 4.78 is 0. The molecule has 0 aromatic heterocycles. The number of carbonyl (C=O) groups excluding carboxylic acids is 1. The van der Waals surface area contributed by atoms with E-state index < -0.39 is 0 Å². The molecule has 1 amide bonds. The van der Waals surface area contributed by atoms with Crippen LogP contribution in [0.3, 0.4) is 0 Å². The van der Waals surface area contributed by atoms with E-state index in [2.05, 4.69) is 10.6 Å². The maximum atomic E-state index is 11.1. The number of amides is 1. The number of benzene rings is 1. The van der Waals surface area contributed by atoms with Gasteiger partial charge in [0.2, 0.25) is 5.91 Å². The fourth-order valence-corrected chi connectivity index (χ4v) is 2.32. The van der Waals surface area contributed by atoms with E-state index in [-0.39, 0.29) is 17.3 Å². The number of hydrogen-bond acceptors (Lipinski definition) is 3. The van der Waals surface area contributed by atoms with Crippen LogP contribution in [0.2, 0.25) is 0 Å². The Kier molecular flexibility index (Phi) is 3.74. The van der Waals surface area contributed by atoms with Gasteiger partial charge in [0.1, 0.15) is 5.88 Å². The van der Waals surface area contributed by atoms with Gasteiger partial charge in [-0.1, -0.05) is 42.1 Å². The Morgan fingerprint density at radius 2 is 2.19 bits per heavy atom. The Morgan fingerprint density at radius 3 is 2.88 bits per heavy atom. The van der Waals surface area contributed by atoms with Crippen molar-refractivity contribution in [2.75, 3.05) is 5.88 Å². The maximum Gasteiger partial charge on any atom is 0.237 e. The summed E-state index contributed by atoms with van der Waals surface area (Å²) in [6, 6.07) is 9.97. The zero-order chi connectivity index (χ0) is 11.4. The van der Waals surface area contributed by atoms with Crippen LogP contribution >= 0.6 is 23.4 Å². The van der Waals surface area contributed by atoms with Gasteiger partial charge in [-0.25, -0.2) is 0 Å². The third-order valence-electron chi connectivity index (χ3n) is 2.11. The van der Waals surface area contributed by atoms with Crippen molar-refractivity contribution in [3.63, 3.8) is 0 Å². The minimum absolute atomic E-state index is 0.0145. The second-order valence-corrected chi connectivity index (χ2v) is 4.51. The largest absolute Gasteiger partial charge is 0.356 e. The first-order valence-corrected chi connectivity index (χ1v) is 6.30. The summed E-state index contributed by atoms with van der Waals surface area (Å²) in [5.74, 6) is -0.186. The number of halogens is 1. The van der Waals surface area contributed by atoms with E-state index in [4.69, 9.17) is 11.6 Å². The molecule has 0 bridgehead atoms. The normalized spacial score (nSPS) is 18.8. The van der Waals surface area contributed by atoms with Crippen LogP contribution in [0, 0.1) is 0 Å². The first-order valence-electron chi connectivity index (χ1n) is 4.82. The molecule has 1 atom stereocenters. The predicted molar refractivity (Wildman–Crippen MR) is 67.8 cm³/mol. The number of thioether (sulfide) groups is 1. The van der Waals surface area contributed by atoms with Gasteiger partial charge in [-0.15, -0.1) is 11.6 Å². The maximum absolute atomic E-state index is 11.1. The van der Waals surface area contributed by atoms with Crippen LogP contribution in [-0.2, 0) is 4.79 Å². The average molecular weight is 255 g/mol. The molecule has 2 rings (SSSR count). The monoisotopic (exact) mass is 254 g/mol. The van der Waals surface area contributed by atoms with Gasteiger partial charge in [0, 0.05) is 0 Å². The van der Waals surface area contributed by atoms with Crippen LogP contribution in [-0.4, -0.2) is 17.3 Å². The van der Waals surface area contributed by atoms with Gasteiger partial charge in [0.05, 0.1) is 5.70 Å². The molecule has 1 aromatic carbocycles. The summed E-state index contributed by atoms with van der Waals surface area (Å²) in [6.45, 7) is 0. The second kappa shape index (κ2) is 5.27. The van der Waals surface area contributed by atoms with Crippen molar-refractivity contribution >= 4 is 35.0 Å². The van der Waals surface area contributed by atoms with E-state index in [1.54, 1.807) is 0 Å². The Labute approximate surface area is 103 Å². The Hall–Kier alpha value is -1.13. The third-order valence-corrected chi connectivity index (χ3v) is 3.23. The number of carbonyl (C=O) groups is 1. The van der Waals surface area contributed by atoms with Gasteiger partial charge in [-0.2, -0.15) is 0 Å². The lowest BCUT2D eigenvalue weighted by Crippen LogP contribution is -2.40. The lowest BCUT2D eigenvalue weighted by atomic mass is 10.2. The summed E-state index contributed by atoms with van der Waals surface area (Å²) in [7, 11) is 0. The summed E-state index contributed by atoms with van der Waals surface area (Å²) in [6.07, 6.45) is 0. The van der Waals surface area contributed by atoms with Crippen LogP contribution in [0.25, 0.3) is 5.70 Å². The molecule has 5 heteroatoms. The van der Waals surface area contributed by atoms with Crippen molar-refractivity contribution in [2.24, 2.45) is 0 Å². The molecule has 0 fully saturated rings. The first kappa shape index (κ1) is 11.4. The van der Waals surface area contributed by atoms with Crippen molar-refractivity contribution in [2.45, 2.75) is 5.50 Å². The number of nitrogens with one attached hydrogen (secondary N) is 2. The van der Waals surface area contributed by atoms with Gasteiger partial charge >= 0.3 is 0 Å². The SMILES string of the molecule is O=C(CCl)NC1NC(c2ccccc2)=CS1. The molecule has 84 valence electrons. The molecule has 0 saturated heterocycles. The molecule has 1 aliphatic heterocycles. The molecule has 0 radical (unpaired) electrons. The Bertz CT molecular complexity index is 408. The smallest absolute Gasteiger partial charge is 0.237 e. The highest BCUT2D eigenvalue weighted by atomic mass is 35.5. The van der Waals surface area contributed by atoms with E-state index >= 15 is 0 Å². The van der Waals surface area contributed by atoms with Crippen LogP contribution < -0.4 is 10.6 Å². The van der Waals surface area contributed by atoms with Crippen molar-refractivity contribution in [1.82, 2.24) is 10.6 Å². The number of rotatable bonds is 3. The first-order chi connectivity index (χ1) is 7.79. The standard InChI is InChI=1S/C11H11ClN2OS/c12-6-10(15)14-11-13-9(7-16-11)8-4-2-1-3-5-8/h1-5,7,11,13H,6H2,(H,14,15). The minimum atomic E-state index is -0.172. The summed E-state index contributed by atoms with van der Waals surface area (Å²) in [5.41, 5.74) is 2.00. The van der Waals surface area contributed by atoms with Crippen LogP contribution in [0.15, 0.2) is 35.7 Å². The third kappa shape index (κ3) is 2.71. The molecule has 0 spiro atoms. The molecule has 0 aliphatic carbocycles. The zero-order valence-corrected chi connectivity index (χ0v) is 10.0. The van der Waals surface area contributed by atoms with Crippen molar-refractivity contribution in [3.05, 3.63) is 41.3 Å². The predicted octanol–water partition coefficient (Wildman–Crippen LogP) is 1.96. The molecule has 1 aliphatic rings. The number of hydrogen-bond donors (Lipinski definition) is 2. The molecule has 0 saturated carbocycles. The van der Waals surface area contributed by atoms with E-state index in [1.807, 2.05) is 35.7 Å². The Morgan fingerprint density at radius 1 is 1.44 bits per heavy atom. The summed E-state index contributed by atoms with van der Waals surface area (Å²) in [4.78, 5) is 11.1. The lowest BCUT2D eigenvalue weighted by molar-refractivity contribution is -0.118. The average Bonchev–Trinajstić information content (AvgIpc) is 2.78. The molecule has 16 heavy (non-hydrogen) atoms. The van der Waals surface area contributed by atoms with Crippen LogP contribution in [0.1, 0.15) is 5.56 Å². The topological polar surface area (TPSA) is 41.1 Å². The quantitative estimate of drug-likeness (QED) is 0.811.